The van der Waals surface area contributed by atoms with Gasteiger partial charge in [0, 0.05) is 6.42 Å². The Morgan fingerprint density at radius 3 is 2.36 bits per heavy atom. The molecule has 7 heteroatoms. The van der Waals surface area contributed by atoms with E-state index in [-0.39, 0.29) is 19.4 Å². The molecule has 0 saturated carbocycles. The average Bonchev–Trinajstić information content (AvgIpc) is 2.51. The van der Waals surface area contributed by atoms with E-state index in [1.807, 2.05) is 0 Å². The zero-order chi connectivity index (χ0) is 16.5. The molecule has 0 saturated heterocycles. The van der Waals surface area contributed by atoms with Crippen LogP contribution in [0.2, 0.25) is 0 Å². The Morgan fingerprint density at radius 1 is 1.18 bits per heavy atom. The molecule has 1 aromatic carbocycles. The zero-order valence-electron chi connectivity index (χ0n) is 12.2. The Bertz CT molecular complexity index is 516. The van der Waals surface area contributed by atoms with E-state index in [0.717, 1.165) is 0 Å². The number of amides is 1. The highest BCUT2D eigenvalue weighted by molar-refractivity contribution is 5.86. The second-order valence-electron chi connectivity index (χ2n) is 4.54. The van der Waals surface area contributed by atoms with Crippen molar-refractivity contribution < 1.29 is 29.3 Å². The van der Waals surface area contributed by atoms with E-state index in [4.69, 9.17) is 5.11 Å². The summed E-state index contributed by atoms with van der Waals surface area (Å²) in [6, 6.07) is 6.66. The van der Waals surface area contributed by atoms with E-state index < -0.39 is 30.0 Å². The molecule has 7 nitrogen and oxygen atoms in total. The summed E-state index contributed by atoms with van der Waals surface area (Å²) < 4.78 is 4.68. The third-order valence-electron chi connectivity index (χ3n) is 2.90. The summed E-state index contributed by atoms with van der Waals surface area (Å²) in [5.74, 6) is -2.54. The lowest BCUT2D eigenvalue weighted by atomic mass is 10.0. The number of carbonyl (C=O) groups is 3. The number of aliphatic hydroxyl groups excluding tert-OH is 1. The summed E-state index contributed by atoms with van der Waals surface area (Å²) in [6.07, 6.45) is -1.73. The first-order chi connectivity index (χ1) is 10.5. The number of ether oxygens (including phenoxy) is 1. The first-order valence-corrected chi connectivity index (χ1v) is 6.86. The Labute approximate surface area is 127 Å². The molecule has 0 bridgehead atoms. The molecule has 0 aliphatic heterocycles. The lowest BCUT2D eigenvalue weighted by molar-refractivity contribution is -0.146. The standard InChI is InChI=1S/C15H19NO6/c1-2-22-12(18)9-8-11(17)16-13(15(20)21)14(19)10-6-4-3-5-7-10/h3-7,13-14,19H,2,8-9H2,1H3,(H,16,17)(H,20,21). The molecule has 0 aromatic heterocycles. The Morgan fingerprint density at radius 2 is 1.82 bits per heavy atom. The number of rotatable bonds is 8. The Kier molecular flexibility index (Phi) is 7.04. The van der Waals surface area contributed by atoms with Crippen LogP contribution in [0.4, 0.5) is 0 Å². The molecule has 1 rings (SSSR count). The number of carboxylic acid groups (broad SMARTS) is 1. The van der Waals surface area contributed by atoms with Crippen molar-refractivity contribution in [3.63, 3.8) is 0 Å². The van der Waals surface area contributed by atoms with Crippen LogP contribution in [0.3, 0.4) is 0 Å². The van der Waals surface area contributed by atoms with Crippen LogP contribution < -0.4 is 5.32 Å². The maximum atomic E-state index is 11.7. The molecule has 120 valence electrons. The minimum absolute atomic E-state index is 0.145. The van der Waals surface area contributed by atoms with Crippen molar-refractivity contribution in [3.05, 3.63) is 35.9 Å². The molecule has 1 aromatic rings. The number of benzene rings is 1. The van der Waals surface area contributed by atoms with Crippen molar-refractivity contribution in [2.45, 2.75) is 31.9 Å². The smallest absolute Gasteiger partial charge is 0.329 e. The fourth-order valence-electron chi connectivity index (χ4n) is 1.81. The number of aliphatic hydroxyl groups is 1. The SMILES string of the molecule is CCOC(=O)CCC(=O)NC(C(=O)O)C(O)c1ccccc1. The van der Waals surface area contributed by atoms with Gasteiger partial charge in [-0.15, -0.1) is 0 Å². The quantitative estimate of drug-likeness (QED) is 0.607. The third kappa shape index (κ3) is 5.53. The van der Waals surface area contributed by atoms with Gasteiger partial charge in [-0.25, -0.2) is 4.79 Å². The number of hydrogen-bond donors (Lipinski definition) is 3. The van der Waals surface area contributed by atoms with Crippen molar-refractivity contribution >= 4 is 17.8 Å². The van der Waals surface area contributed by atoms with Gasteiger partial charge in [0.25, 0.3) is 0 Å². The first kappa shape index (κ1) is 17.6. The van der Waals surface area contributed by atoms with Gasteiger partial charge in [0.15, 0.2) is 6.04 Å². The van der Waals surface area contributed by atoms with Crippen LogP contribution in [0.5, 0.6) is 0 Å². The van der Waals surface area contributed by atoms with Crippen molar-refractivity contribution in [2.75, 3.05) is 6.61 Å². The van der Waals surface area contributed by atoms with Crippen molar-refractivity contribution in [3.8, 4) is 0 Å². The summed E-state index contributed by atoms with van der Waals surface area (Å²) in [4.78, 5) is 34.1. The molecule has 0 radical (unpaired) electrons. The van der Waals surface area contributed by atoms with Gasteiger partial charge in [-0.1, -0.05) is 30.3 Å². The second kappa shape index (κ2) is 8.78. The first-order valence-electron chi connectivity index (χ1n) is 6.86. The number of hydrogen-bond acceptors (Lipinski definition) is 5. The molecular formula is C15H19NO6. The molecule has 2 atom stereocenters. The molecule has 0 aliphatic rings. The van der Waals surface area contributed by atoms with Gasteiger partial charge >= 0.3 is 11.9 Å². The molecule has 2 unspecified atom stereocenters. The van der Waals surface area contributed by atoms with E-state index in [2.05, 4.69) is 10.1 Å². The van der Waals surface area contributed by atoms with Crippen molar-refractivity contribution in [1.82, 2.24) is 5.32 Å². The molecule has 1 amide bonds. The van der Waals surface area contributed by atoms with Crippen LogP contribution in [0.15, 0.2) is 30.3 Å². The highest BCUT2D eigenvalue weighted by Crippen LogP contribution is 2.17. The predicted molar refractivity (Wildman–Crippen MR) is 76.8 cm³/mol. The van der Waals surface area contributed by atoms with Crippen LogP contribution >= 0.6 is 0 Å². The Hall–Kier alpha value is -2.41. The third-order valence-corrected chi connectivity index (χ3v) is 2.90. The van der Waals surface area contributed by atoms with Crippen LogP contribution in [0.25, 0.3) is 0 Å². The average molecular weight is 309 g/mol. The highest BCUT2D eigenvalue weighted by atomic mass is 16.5. The summed E-state index contributed by atoms with van der Waals surface area (Å²) >= 11 is 0. The molecule has 0 fully saturated rings. The van der Waals surface area contributed by atoms with Crippen LogP contribution in [-0.4, -0.2) is 40.7 Å². The van der Waals surface area contributed by atoms with E-state index in [1.54, 1.807) is 37.3 Å². The molecule has 0 aliphatic carbocycles. The van der Waals surface area contributed by atoms with Gasteiger partial charge in [0.05, 0.1) is 13.0 Å². The van der Waals surface area contributed by atoms with Gasteiger partial charge in [-0.3, -0.25) is 9.59 Å². The van der Waals surface area contributed by atoms with Crippen molar-refractivity contribution in [2.24, 2.45) is 0 Å². The molecule has 22 heavy (non-hydrogen) atoms. The van der Waals surface area contributed by atoms with E-state index in [9.17, 15) is 19.5 Å². The monoisotopic (exact) mass is 309 g/mol. The number of esters is 1. The summed E-state index contributed by atoms with van der Waals surface area (Å²) in [7, 11) is 0. The number of carbonyl (C=O) groups excluding carboxylic acids is 2. The molecule has 3 N–H and O–H groups in total. The molecule has 0 heterocycles. The van der Waals surface area contributed by atoms with E-state index in [0.29, 0.717) is 5.56 Å². The zero-order valence-corrected chi connectivity index (χ0v) is 12.2. The molecular weight excluding hydrogens is 290 g/mol. The van der Waals surface area contributed by atoms with Gasteiger partial charge in [-0.05, 0) is 12.5 Å². The van der Waals surface area contributed by atoms with Crippen LogP contribution in [-0.2, 0) is 19.1 Å². The lowest BCUT2D eigenvalue weighted by Crippen LogP contribution is -2.45. The summed E-state index contributed by atoms with van der Waals surface area (Å²) in [6.45, 7) is 1.86. The Balaban J connectivity index is 2.63. The molecule has 0 spiro atoms. The highest BCUT2D eigenvalue weighted by Gasteiger charge is 2.29. The largest absolute Gasteiger partial charge is 0.480 e. The van der Waals surface area contributed by atoms with Gasteiger partial charge < -0.3 is 20.3 Å². The normalized spacial score (nSPS) is 13.0. The minimum atomic E-state index is -1.49. The van der Waals surface area contributed by atoms with Crippen LogP contribution in [0, 0.1) is 0 Å². The van der Waals surface area contributed by atoms with Gasteiger partial charge in [0.2, 0.25) is 5.91 Å². The predicted octanol–water partition coefficient (Wildman–Crippen LogP) is 0.633. The van der Waals surface area contributed by atoms with Gasteiger partial charge in [0.1, 0.15) is 6.10 Å². The van der Waals surface area contributed by atoms with Crippen LogP contribution in [0.1, 0.15) is 31.4 Å². The lowest BCUT2D eigenvalue weighted by Gasteiger charge is -2.20. The van der Waals surface area contributed by atoms with Gasteiger partial charge in [-0.2, -0.15) is 0 Å². The summed E-state index contributed by atoms with van der Waals surface area (Å²) in [5.41, 5.74) is 0.376. The fraction of sp³-hybridized carbons (Fsp3) is 0.400. The fourth-order valence-corrected chi connectivity index (χ4v) is 1.81. The van der Waals surface area contributed by atoms with E-state index >= 15 is 0 Å². The maximum Gasteiger partial charge on any atom is 0.329 e. The minimum Gasteiger partial charge on any atom is -0.480 e. The number of aliphatic carboxylic acids is 1. The summed E-state index contributed by atoms with van der Waals surface area (Å²) in [5, 5.41) is 21.4. The number of nitrogens with one attached hydrogen (secondary N) is 1. The van der Waals surface area contributed by atoms with Crippen molar-refractivity contribution in [1.29, 1.82) is 0 Å². The number of carboxylic acids is 1. The maximum absolute atomic E-state index is 11.7. The topological polar surface area (TPSA) is 113 Å². The second-order valence-corrected chi connectivity index (χ2v) is 4.54. The van der Waals surface area contributed by atoms with E-state index in [1.165, 1.54) is 0 Å².